The molecule has 3 unspecified atom stereocenters. The number of alkyl halides is 6. The fraction of sp³-hybridized carbons (Fsp3) is 0.458. The number of nitrogens with zero attached hydrogens (tertiary/aromatic N) is 4. The van der Waals surface area contributed by atoms with Crippen LogP contribution >= 0.6 is 0 Å². The molecule has 4 heterocycles. The van der Waals surface area contributed by atoms with Crippen LogP contribution in [-0.4, -0.2) is 43.4 Å². The highest BCUT2D eigenvalue weighted by Crippen LogP contribution is 2.83. The van der Waals surface area contributed by atoms with Crippen molar-refractivity contribution in [3.8, 4) is 11.3 Å². The molecule has 196 valence electrons. The average molecular weight is 525 g/mol. The zero-order valence-electron chi connectivity index (χ0n) is 19.4. The lowest BCUT2D eigenvalue weighted by Gasteiger charge is -2.17. The zero-order chi connectivity index (χ0) is 26.5. The van der Waals surface area contributed by atoms with Crippen LogP contribution in [0.25, 0.3) is 11.3 Å². The molecular formula is C24H21F6N5O2. The maximum atomic E-state index is 13.0. The van der Waals surface area contributed by atoms with E-state index >= 15 is 0 Å². The summed E-state index contributed by atoms with van der Waals surface area (Å²) in [5.41, 5.74) is -2.61. The lowest BCUT2D eigenvalue weighted by atomic mass is 9.88. The molecule has 7 rings (SSSR count). The van der Waals surface area contributed by atoms with Crippen molar-refractivity contribution in [2.45, 2.75) is 36.8 Å². The Morgan fingerprint density at radius 3 is 2.30 bits per heavy atom. The summed E-state index contributed by atoms with van der Waals surface area (Å²) in [5, 5.41) is 3.42. The monoisotopic (exact) mass is 525 g/mol. The Morgan fingerprint density at radius 1 is 1.03 bits per heavy atom. The molecule has 2 saturated heterocycles. The van der Waals surface area contributed by atoms with Crippen molar-refractivity contribution >= 4 is 0 Å². The maximum absolute atomic E-state index is 13.0. The lowest BCUT2D eigenvalue weighted by Crippen LogP contribution is -2.32. The van der Waals surface area contributed by atoms with Crippen molar-refractivity contribution in [2.75, 3.05) is 13.1 Å². The Balaban J connectivity index is 1.13. The number of aromatic nitrogens is 4. The van der Waals surface area contributed by atoms with Gasteiger partial charge in [-0.2, -0.15) is 31.4 Å². The third-order valence-electron chi connectivity index (χ3n) is 8.00. The van der Waals surface area contributed by atoms with E-state index in [-0.39, 0.29) is 23.2 Å². The molecule has 0 spiro atoms. The van der Waals surface area contributed by atoms with Crippen molar-refractivity contribution in [3.63, 3.8) is 0 Å². The first kappa shape index (κ1) is 24.0. The molecule has 4 fully saturated rings. The number of fused-ring (bicyclic) bond motifs is 1. The highest BCUT2D eigenvalue weighted by Gasteiger charge is 2.90. The van der Waals surface area contributed by atoms with Gasteiger partial charge >= 0.3 is 18.0 Å². The van der Waals surface area contributed by atoms with E-state index in [0.717, 1.165) is 35.0 Å². The smallest absolute Gasteiger partial charge is 0.300 e. The molecule has 0 amide bonds. The summed E-state index contributed by atoms with van der Waals surface area (Å²) in [6.07, 6.45) is -7.25. The van der Waals surface area contributed by atoms with Gasteiger partial charge in [0.05, 0.1) is 16.8 Å². The van der Waals surface area contributed by atoms with E-state index in [1.54, 1.807) is 12.1 Å². The van der Waals surface area contributed by atoms with Gasteiger partial charge in [-0.1, -0.05) is 12.1 Å². The predicted molar refractivity (Wildman–Crippen MR) is 119 cm³/mol. The highest BCUT2D eigenvalue weighted by molar-refractivity contribution is 5.58. The molecule has 2 bridgehead atoms. The normalized spacial score (nSPS) is 26.4. The predicted octanol–water partition coefficient (Wildman–Crippen LogP) is 3.25. The second kappa shape index (κ2) is 7.59. The minimum absolute atomic E-state index is 0.0650. The van der Waals surface area contributed by atoms with Gasteiger partial charge in [0, 0.05) is 44.3 Å². The van der Waals surface area contributed by atoms with Gasteiger partial charge in [-0.15, -0.1) is 0 Å². The van der Waals surface area contributed by atoms with Crippen LogP contribution in [0.15, 0.2) is 46.1 Å². The van der Waals surface area contributed by atoms with Gasteiger partial charge in [-0.25, -0.2) is 4.79 Å². The third-order valence-corrected chi connectivity index (χ3v) is 8.00. The molecule has 3 aromatic rings. The van der Waals surface area contributed by atoms with E-state index in [9.17, 15) is 35.9 Å². The van der Waals surface area contributed by atoms with Crippen LogP contribution in [0.3, 0.4) is 0 Å². The summed E-state index contributed by atoms with van der Waals surface area (Å²) >= 11 is 0. The van der Waals surface area contributed by atoms with Crippen molar-refractivity contribution in [1.29, 1.82) is 0 Å². The number of H-pyrrole nitrogens is 1. The number of aromatic amines is 1. The van der Waals surface area contributed by atoms with Gasteiger partial charge in [-0.05, 0) is 42.0 Å². The van der Waals surface area contributed by atoms with Crippen LogP contribution in [0, 0.1) is 11.8 Å². The van der Waals surface area contributed by atoms with Crippen molar-refractivity contribution < 1.29 is 26.3 Å². The summed E-state index contributed by atoms with van der Waals surface area (Å²) in [7, 11) is 1.29. The van der Waals surface area contributed by atoms with E-state index in [1.165, 1.54) is 17.8 Å². The van der Waals surface area contributed by atoms with Crippen LogP contribution < -0.4 is 11.2 Å². The molecule has 37 heavy (non-hydrogen) atoms. The van der Waals surface area contributed by atoms with Gasteiger partial charge in [0.25, 0.3) is 5.56 Å². The molecule has 2 aliphatic heterocycles. The number of hydrogen-bond acceptors (Lipinski definition) is 4. The maximum Gasteiger partial charge on any atom is 0.435 e. The minimum Gasteiger partial charge on any atom is -0.300 e. The van der Waals surface area contributed by atoms with Gasteiger partial charge in [0.1, 0.15) is 0 Å². The second-order valence-electron chi connectivity index (χ2n) is 10.0. The Bertz CT molecular complexity index is 1490. The van der Waals surface area contributed by atoms with Crippen LogP contribution in [0.4, 0.5) is 26.3 Å². The van der Waals surface area contributed by atoms with Crippen LogP contribution in [0.1, 0.15) is 23.2 Å². The number of piperidine rings is 1. The molecule has 2 aromatic heterocycles. The van der Waals surface area contributed by atoms with Gasteiger partial charge < -0.3 is 0 Å². The minimum atomic E-state index is -4.67. The average Bonchev–Trinajstić information content (AvgIpc) is 3.54. The molecular weight excluding hydrogens is 504 g/mol. The van der Waals surface area contributed by atoms with Gasteiger partial charge in [0.2, 0.25) is 0 Å². The topological polar surface area (TPSA) is 75.9 Å². The molecule has 0 radical (unpaired) electrons. The van der Waals surface area contributed by atoms with Crippen molar-refractivity contribution in [2.24, 2.45) is 18.9 Å². The van der Waals surface area contributed by atoms with Crippen LogP contribution in [0.2, 0.25) is 0 Å². The molecule has 2 saturated carbocycles. The van der Waals surface area contributed by atoms with E-state index in [2.05, 4.69) is 15.0 Å². The molecule has 2 aliphatic carbocycles. The SMILES string of the molecule is Cn1nc(C(F)(F)F)cc1-c1cn(CCCN2CC3(c4ccc(C(F)(F)F)cc4)C4C2[C@H]43)c(=O)[nH]c1=O. The molecule has 4 atom stereocenters. The number of nitrogens with one attached hydrogen (secondary N) is 1. The Labute approximate surface area is 205 Å². The van der Waals surface area contributed by atoms with Gasteiger partial charge in [0.15, 0.2) is 5.69 Å². The molecule has 1 aromatic carbocycles. The quantitative estimate of drug-likeness (QED) is 0.502. The number of aryl methyl sites for hydroxylation is 2. The summed E-state index contributed by atoms with van der Waals surface area (Å²) in [6.45, 7) is 1.61. The first-order valence-corrected chi connectivity index (χ1v) is 11.7. The number of hydrogen-bond donors (Lipinski definition) is 1. The molecule has 1 N–H and O–H groups in total. The standard InChI is InChI=1S/C24H21F6N5O2/c1-33-15(9-16(32-33)24(28,29)30)14-10-34(21(37)31-20(14)36)7-2-8-35-11-22(17-18(22)19(17)35)12-3-5-13(6-4-12)23(25,26)27/h3-6,9-10,17-19H,2,7-8,11H2,1H3,(H,31,36,37)/t17-,18?,19?,22?/m0/s1. The first-order valence-electron chi connectivity index (χ1n) is 11.7. The number of halogens is 6. The molecule has 13 heteroatoms. The molecule has 7 nitrogen and oxygen atoms in total. The Hall–Kier alpha value is -3.35. The Morgan fingerprint density at radius 2 is 1.70 bits per heavy atom. The van der Waals surface area contributed by atoms with Crippen LogP contribution in [-0.2, 0) is 31.4 Å². The van der Waals surface area contributed by atoms with E-state index in [1.807, 2.05) is 0 Å². The Kier molecular flexibility index (Phi) is 4.93. The lowest BCUT2D eigenvalue weighted by molar-refractivity contribution is -0.141. The third kappa shape index (κ3) is 3.65. The fourth-order valence-electron chi connectivity index (χ4n) is 6.23. The summed E-state index contributed by atoms with van der Waals surface area (Å²) in [6, 6.07) is 6.54. The zero-order valence-corrected chi connectivity index (χ0v) is 19.4. The summed E-state index contributed by atoms with van der Waals surface area (Å²) in [5.74, 6) is 0.888. The first-order chi connectivity index (χ1) is 17.3. The second-order valence-corrected chi connectivity index (χ2v) is 10.0. The number of rotatable bonds is 6. The van der Waals surface area contributed by atoms with E-state index in [4.69, 9.17) is 0 Å². The summed E-state index contributed by atoms with van der Waals surface area (Å²) in [4.78, 5) is 29.1. The van der Waals surface area contributed by atoms with E-state index < -0.39 is 34.9 Å². The van der Waals surface area contributed by atoms with Crippen LogP contribution in [0.5, 0.6) is 0 Å². The number of benzene rings is 1. The summed E-state index contributed by atoms with van der Waals surface area (Å²) < 4.78 is 79.9. The van der Waals surface area contributed by atoms with Gasteiger partial charge in [-0.3, -0.25) is 23.9 Å². The molecule has 4 aliphatic rings. The van der Waals surface area contributed by atoms with Crippen molar-refractivity contribution in [3.05, 3.63) is 74.2 Å². The van der Waals surface area contributed by atoms with E-state index in [0.29, 0.717) is 30.8 Å². The van der Waals surface area contributed by atoms with Crippen molar-refractivity contribution in [1.82, 2.24) is 24.2 Å². The largest absolute Gasteiger partial charge is 0.435 e. The highest BCUT2D eigenvalue weighted by atomic mass is 19.4. The fourth-order valence-corrected chi connectivity index (χ4v) is 6.23.